The second kappa shape index (κ2) is 3.73. The summed E-state index contributed by atoms with van der Waals surface area (Å²) >= 11 is 1.22. The van der Waals surface area contributed by atoms with Crippen LogP contribution in [-0.2, 0) is 6.42 Å². The number of aryl methyl sites for hydroxylation is 1. The SMILES string of the molecule is CCc1nnsc1-c1nc(N)nc(N)n1. The number of nitrogen functional groups attached to an aromatic ring is 2. The summed E-state index contributed by atoms with van der Waals surface area (Å²) in [6.07, 6.45) is 0.761. The topological polar surface area (TPSA) is 116 Å². The van der Waals surface area contributed by atoms with Crippen LogP contribution in [0.4, 0.5) is 11.9 Å². The molecule has 0 saturated carbocycles. The van der Waals surface area contributed by atoms with E-state index in [1.165, 1.54) is 11.5 Å². The molecule has 0 spiro atoms. The fourth-order valence-electron chi connectivity index (χ4n) is 1.12. The molecule has 8 heteroatoms. The minimum absolute atomic E-state index is 0.105. The van der Waals surface area contributed by atoms with Crippen LogP contribution in [-0.4, -0.2) is 24.5 Å². The molecule has 0 bridgehead atoms. The minimum atomic E-state index is 0.105. The van der Waals surface area contributed by atoms with E-state index in [4.69, 9.17) is 11.5 Å². The maximum absolute atomic E-state index is 5.48. The van der Waals surface area contributed by atoms with Crippen LogP contribution in [0.5, 0.6) is 0 Å². The van der Waals surface area contributed by atoms with Crippen LogP contribution in [0.3, 0.4) is 0 Å². The van der Waals surface area contributed by atoms with Gasteiger partial charge in [-0.25, -0.2) is 0 Å². The van der Waals surface area contributed by atoms with Crippen LogP contribution in [0.2, 0.25) is 0 Å². The molecular weight excluding hydrogens is 214 g/mol. The monoisotopic (exact) mass is 223 g/mol. The van der Waals surface area contributed by atoms with Crippen LogP contribution in [0, 0.1) is 0 Å². The van der Waals surface area contributed by atoms with Gasteiger partial charge in [-0.3, -0.25) is 0 Å². The van der Waals surface area contributed by atoms with Gasteiger partial charge in [-0.05, 0) is 18.0 Å². The van der Waals surface area contributed by atoms with Crippen molar-refractivity contribution in [2.45, 2.75) is 13.3 Å². The predicted molar refractivity (Wildman–Crippen MR) is 56.9 cm³/mol. The van der Waals surface area contributed by atoms with Crippen molar-refractivity contribution in [2.24, 2.45) is 0 Å². The number of anilines is 2. The first kappa shape index (κ1) is 9.71. The normalized spacial score (nSPS) is 10.5. The largest absolute Gasteiger partial charge is 0.368 e. The molecule has 0 amide bonds. The van der Waals surface area contributed by atoms with Gasteiger partial charge in [0.15, 0.2) is 5.82 Å². The van der Waals surface area contributed by atoms with E-state index in [0.717, 1.165) is 17.0 Å². The van der Waals surface area contributed by atoms with Crippen molar-refractivity contribution in [3.63, 3.8) is 0 Å². The zero-order valence-corrected chi connectivity index (χ0v) is 8.82. The van der Waals surface area contributed by atoms with E-state index in [0.29, 0.717) is 5.82 Å². The molecule has 2 aromatic heterocycles. The van der Waals surface area contributed by atoms with E-state index in [2.05, 4.69) is 24.5 Å². The lowest BCUT2D eigenvalue weighted by Crippen LogP contribution is -2.04. The van der Waals surface area contributed by atoms with Crippen LogP contribution in [0.1, 0.15) is 12.6 Å². The van der Waals surface area contributed by atoms with Gasteiger partial charge in [0.1, 0.15) is 4.88 Å². The molecule has 0 aliphatic rings. The molecule has 2 rings (SSSR count). The molecule has 0 fully saturated rings. The standard InChI is InChI=1S/C7H9N7S/c1-2-3-4(15-14-13-3)5-10-6(8)12-7(9)11-5/h2H2,1H3,(H4,8,9,10,11,12). The fourth-order valence-corrected chi connectivity index (χ4v) is 1.81. The number of nitrogens with two attached hydrogens (primary N) is 2. The number of nitrogens with zero attached hydrogens (tertiary/aromatic N) is 5. The van der Waals surface area contributed by atoms with Gasteiger partial charge < -0.3 is 11.5 Å². The van der Waals surface area contributed by atoms with Crippen molar-refractivity contribution < 1.29 is 0 Å². The Morgan fingerprint density at radius 2 is 1.80 bits per heavy atom. The van der Waals surface area contributed by atoms with Crippen LogP contribution in [0.15, 0.2) is 0 Å². The third-order valence-corrected chi connectivity index (χ3v) is 2.53. The highest BCUT2D eigenvalue weighted by atomic mass is 32.1. The maximum Gasteiger partial charge on any atom is 0.225 e. The zero-order valence-electron chi connectivity index (χ0n) is 8.01. The van der Waals surface area contributed by atoms with Gasteiger partial charge in [-0.15, -0.1) is 5.10 Å². The average Bonchev–Trinajstić information content (AvgIpc) is 2.63. The van der Waals surface area contributed by atoms with E-state index in [1.54, 1.807) is 0 Å². The van der Waals surface area contributed by atoms with Gasteiger partial charge in [0, 0.05) is 0 Å². The first-order valence-electron chi connectivity index (χ1n) is 4.29. The quantitative estimate of drug-likeness (QED) is 0.742. The molecule has 0 aliphatic heterocycles. The van der Waals surface area contributed by atoms with Gasteiger partial charge in [-0.2, -0.15) is 15.0 Å². The summed E-state index contributed by atoms with van der Waals surface area (Å²) < 4.78 is 3.84. The Morgan fingerprint density at radius 3 is 2.40 bits per heavy atom. The van der Waals surface area contributed by atoms with E-state index in [1.807, 2.05) is 6.92 Å². The molecule has 7 nitrogen and oxygen atoms in total. The molecule has 0 aromatic carbocycles. The molecule has 2 aromatic rings. The van der Waals surface area contributed by atoms with Crippen molar-refractivity contribution in [3.05, 3.63) is 5.69 Å². The molecule has 0 atom stereocenters. The van der Waals surface area contributed by atoms with E-state index in [-0.39, 0.29) is 11.9 Å². The van der Waals surface area contributed by atoms with E-state index < -0.39 is 0 Å². The predicted octanol–water partition coefficient (Wildman–Crippen LogP) is 0.117. The summed E-state index contributed by atoms with van der Waals surface area (Å²) in [5, 5.41) is 3.96. The zero-order chi connectivity index (χ0) is 10.8. The fraction of sp³-hybridized carbons (Fsp3) is 0.286. The van der Waals surface area contributed by atoms with Crippen LogP contribution < -0.4 is 11.5 Å². The molecule has 0 unspecified atom stereocenters. The van der Waals surface area contributed by atoms with Crippen molar-refractivity contribution in [1.29, 1.82) is 0 Å². The van der Waals surface area contributed by atoms with Crippen molar-refractivity contribution >= 4 is 23.4 Å². The molecule has 0 radical (unpaired) electrons. The molecule has 15 heavy (non-hydrogen) atoms. The Morgan fingerprint density at radius 1 is 1.13 bits per heavy atom. The number of hydrogen-bond acceptors (Lipinski definition) is 8. The smallest absolute Gasteiger partial charge is 0.225 e. The molecule has 0 aliphatic carbocycles. The molecule has 78 valence electrons. The Kier molecular flexibility index (Phi) is 2.42. The highest BCUT2D eigenvalue weighted by Crippen LogP contribution is 2.23. The Bertz CT molecular complexity index is 460. The van der Waals surface area contributed by atoms with Gasteiger partial charge in [0.25, 0.3) is 0 Å². The summed E-state index contributed by atoms with van der Waals surface area (Å²) in [5.74, 6) is 0.646. The maximum atomic E-state index is 5.48. The summed E-state index contributed by atoms with van der Waals surface area (Å²) in [6.45, 7) is 1.98. The van der Waals surface area contributed by atoms with Crippen molar-refractivity contribution in [3.8, 4) is 10.7 Å². The van der Waals surface area contributed by atoms with Gasteiger partial charge in [0.05, 0.1) is 5.69 Å². The lowest BCUT2D eigenvalue weighted by atomic mass is 10.3. The Labute approximate surface area is 89.7 Å². The Balaban J connectivity index is 2.53. The summed E-state index contributed by atoms with van der Waals surface area (Å²) in [6, 6.07) is 0. The lowest BCUT2D eigenvalue weighted by Gasteiger charge is -1.99. The number of hydrogen-bond donors (Lipinski definition) is 2. The van der Waals surface area contributed by atoms with Crippen LogP contribution in [0.25, 0.3) is 10.7 Å². The second-order valence-corrected chi connectivity index (χ2v) is 3.53. The van der Waals surface area contributed by atoms with Crippen molar-refractivity contribution in [1.82, 2.24) is 24.5 Å². The summed E-state index contributed by atoms with van der Waals surface area (Å²) in [5.41, 5.74) is 11.8. The molecule has 2 heterocycles. The van der Waals surface area contributed by atoms with Crippen molar-refractivity contribution in [2.75, 3.05) is 11.5 Å². The lowest BCUT2D eigenvalue weighted by molar-refractivity contribution is 0.985. The van der Waals surface area contributed by atoms with E-state index >= 15 is 0 Å². The summed E-state index contributed by atoms with van der Waals surface area (Å²) in [7, 11) is 0. The second-order valence-electron chi connectivity index (χ2n) is 2.78. The Hall–Kier alpha value is -1.83. The highest BCUT2D eigenvalue weighted by Gasteiger charge is 2.13. The molecule has 0 saturated heterocycles. The minimum Gasteiger partial charge on any atom is -0.368 e. The van der Waals surface area contributed by atoms with Gasteiger partial charge in [-0.1, -0.05) is 11.4 Å². The first-order valence-corrected chi connectivity index (χ1v) is 5.06. The first-order chi connectivity index (χ1) is 7.20. The third-order valence-electron chi connectivity index (χ3n) is 1.76. The molecule has 4 N–H and O–H groups in total. The highest BCUT2D eigenvalue weighted by molar-refractivity contribution is 7.09. The average molecular weight is 223 g/mol. The number of rotatable bonds is 2. The van der Waals surface area contributed by atoms with E-state index in [9.17, 15) is 0 Å². The summed E-state index contributed by atoms with van der Waals surface area (Å²) in [4.78, 5) is 12.5. The number of aromatic nitrogens is 5. The molecular formula is C7H9N7S. The van der Waals surface area contributed by atoms with Gasteiger partial charge >= 0.3 is 0 Å². The van der Waals surface area contributed by atoms with Gasteiger partial charge in [0.2, 0.25) is 11.9 Å². The third kappa shape index (κ3) is 1.84. The van der Waals surface area contributed by atoms with Crippen LogP contribution >= 0.6 is 11.5 Å².